The lowest BCUT2D eigenvalue weighted by atomic mass is 10.1. The number of carbonyl (C=O) groups excluding carboxylic acids is 1. The summed E-state index contributed by atoms with van der Waals surface area (Å²) in [6.45, 7) is 4.85. The molecule has 136 valence electrons. The summed E-state index contributed by atoms with van der Waals surface area (Å²) < 4.78 is 16.5. The van der Waals surface area contributed by atoms with Crippen molar-refractivity contribution in [1.82, 2.24) is 5.32 Å². The Morgan fingerprint density at radius 1 is 1.12 bits per heavy atom. The Kier molecular flexibility index (Phi) is 7.54. The Labute approximate surface area is 149 Å². The number of hydrogen-bond donors (Lipinski definition) is 1. The fourth-order valence-electron chi connectivity index (χ4n) is 2.48. The van der Waals surface area contributed by atoms with Gasteiger partial charge in [0.05, 0.1) is 12.6 Å². The largest absolute Gasteiger partial charge is 0.494 e. The van der Waals surface area contributed by atoms with Crippen molar-refractivity contribution in [2.45, 2.75) is 32.7 Å². The van der Waals surface area contributed by atoms with Crippen LogP contribution in [0.25, 0.3) is 0 Å². The van der Waals surface area contributed by atoms with Crippen LogP contribution >= 0.6 is 0 Å². The van der Waals surface area contributed by atoms with E-state index in [1.807, 2.05) is 56.3 Å². The number of rotatable bonds is 10. The molecule has 0 saturated carbocycles. The summed E-state index contributed by atoms with van der Waals surface area (Å²) in [6.07, 6.45) is 1.32. The first-order valence-corrected chi connectivity index (χ1v) is 8.63. The summed E-state index contributed by atoms with van der Waals surface area (Å²) in [6, 6.07) is 13.2. The summed E-state index contributed by atoms with van der Waals surface area (Å²) in [5, 5.41) is 3.06. The third-order valence-corrected chi connectivity index (χ3v) is 4.04. The molecule has 0 radical (unpaired) electrons. The van der Waals surface area contributed by atoms with Crippen LogP contribution in [0.5, 0.6) is 5.75 Å². The van der Waals surface area contributed by atoms with Crippen LogP contribution in [0, 0.1) is 12.8 Å². The van der Waals surface area contributed by atoms with Gasteiger partial charge in [-0.3, -0.25) is 4.79 Å². The van der Waals surface area contributed by atoms with E-state index in [1.54, 1.807) is 7.11 Å². The van der Waals surface area contributed by atoms with Crippen LogP contribution in [0.2, 0.25) is 0 Å². The van der Waals surface area contributed by atoms with Gasteiger partial charge in [-0.2, -0.15) is 0 Å². The molecular weight excluding hydrogens is 318 g/mol. The molecule has 0 saturated heterocycles. The predicted molar refractivity (Wildman–Crippen MR) is 96.5 cm³/mol. The topological polar surface area (TPSA) is 60.7 Å². The van der Waals surface area contributed by atoms with E-state index in [0.717, 1.165) is 17.3 Å². The summed E-state index contributed by atoms with van der Waals surface area (Å²) in [5.41, 5.74) is 0. The van der Waals surface area contributed by atoms with Crippen molar-refractivity contribution >= 4 is 5.91 Å². The highest BCUT2D eigenvalue weighted by Gasteiger charge is 2.21. The maximum Gasteiger partial charge on any atom is 0.223 e. The first kappa shape index (κ1) is 19.1. The maximum atomic E-state index is 12.5. The van der Waals surface area contributed by atoms with Crippen LogP contribution in [0.3, 0.4) is 0 Å². The number of amides is 1. The van der Waals surface area contributed by atoms with Gasteiger partial charge in [0.2, 0.25) is 5.91 Å². The number of methoxy groups -OCH3 is 1. The molecule has 0 unspecified atom stereocenters. The molecule has 2 atom stereocenters. The number of ether oxygens (including phenoxy) is 2. The van der Waals surface area contributed by atoms with Gasteiger partial charge in [0.25, 0.3) is 0 Å². The molecule has 5 nitrogen and oxygen atoms in total. The minimum Gasteiger partial charge on any atom is -0.494 e. The van der Waals surface area contributed by atoms with Crippen LogP contribution < -0.4 is 10.1 Å². The van der Waals surface area contributed by atoms with Crippen LogP contribution in [-0.4, -0.2) is 26.2 Å². The fourth-order valence-corrected chi connectivity index (χ4v) is 2.48. The summed E-state index contributed by atoms with van der Waals surface area (Å²) in [4.78, 5) is 12.5. The average molecular weight is 345 g/mol. The van der Waals surface area contributed by atoms with E-state index < -0.39 is 0 Å². The van der Waals surface area contributed by atoms with Crippen molar-refractivity contribution in [3.05, 3.63) is 54.0 Å². The zero-order chi connectivity index (χ0) is 18.1. The van der Waals surface area contributed by atoms with Crippen molar-refractivity contribution in [2.75, 3.05) is 20.3 Å². The maximum absolute atomic E-state index is 12.5. The normalized spacial score (nSPS) is 13.2. The van der Waals surface area contributed by atoms with Crippen molar-refractivity contribution < 1.29 is 18.7 Å². The second kappa shape index (κ2) is 9.89. The molecule has 1 amide bonds. The molecular formula is C20H27NO4. The lowest BCUT2D eigenvalue weighted by Crippen LogP contribution is -2.34. The molecule has 0 aliphatic rings. The van der Waals surface area contributed by atoms with E-state index in [0.29, 0.717) is 26.1 Å². The second-order valence-electron chi connectivity index (χ2n) is 6.14. The molecule has 25 heavy (non-hydrogen) atoms. The SMILES string of the molecule is COCC[C@H](NC(=O)[C@@H](C)CCOc1ccccc1)c1ccc(C)o1. The average Bonchev–Trinajstić information content (AvgIpc) is 3.05. The van der Waals surface area contributed by atoms with E-state index in [1.165, 1.54) is 0 Å². The van der Waals surface area contributed by atoms with Crippen molar-refractivity contribution in [2.24, 2.45) is 5.92 Å². The highest BCUT2D eigenvalue weighted by atomic mass is 16.5. The predicted octanol–water partition coefficient (Wildman–Crippen LogP) is 3.89. The van der Waals surface area contributed by atoms with Crippen LogP contribution in [0.1, 0.15) is 37.3 Å². The Bertz CT molecular complexity index is 638. The van der Waals surface area contributed by atoms with E-state index >= 15 is 0 Å². The second-order valence-corrected chi connectivity index (χ2v) is 6.14. The van der Waals surface area contributed by atoms with Crippen molar-refractivity contribution in [3.8, 4) is 5.75 Å². The molecule has 0 aliphatic heterocycles. The molecule has 0 aliphatic carbocycles. The van der Waals surface area contributed by atoms with Gasteiger partial charge in [0, 0.05) is 19.6 Å². The minimum absolute atomic E-state index is 0.00758. The first-order valence-electron chi connectivity index (χ1n) is 8.63. The molecule has 1 N–H and O–H groups in total. The third kappa shape index (κ3) is 6.27. The minimum atomic E-state index is -0.182. The smallest absolute Gasteiger partial charge is 0.223 e. The van der Waals surface area contributed by atoms with Crippen molar-refractivity contribution in [1.29, 1.82) is 0 Å². The highest BCUT2D eigenvalue weighted by molar-refractivity contribution is 5.78. The van der Waals surface area contributed by atoms with Gasteiger partial charge < -0.3 is 19.2 Å². The number of furan rings is 1. The molecule has 2 rings (SSSR count). The van der Waals surface area contributed by atoms with Crippen LogP contribution in [0.4, 0.5) is 0 Å². The molecule has 0 bridgehead atoms. The molecule has 5 heteroatoms. The van der Waals surface area contributed by atoms with E-state index in [4.69, 9.17) is 13.9 Å². The van der Waals surface area contributed by atoms with Gasteiger partial charge in [0.1, 0.15) is 17.3 Å². The Hall–Kier alpha value is -2.27. The fraction of sp³-hybridized carbons (Fsp3) is 0.450. The molecule has 2 aromatic rings. The van der Waals surface area contributed by atoms with Crippen LogP contribution in [-0.2, 0) is 9.53 Å². The Morgan fingerprint density at radius 3 is 2.52 bits per heavy atom. The van der Waals surface area contributed by atoms with Gasteiger partial charge in [-0.1, -0.05) is 25.1 Å². The van der Waals surface area contributed by atoms with Gasteiger partial charge in [-0.05, 0) is 44.0 Å². The standard InChI is InChI=1S/C20H27NO4/c1-15(11-14-24-17-7-5-4-6-8-17)20(22)21-18(12-13-23-3)19-10-9-16(2)25-19/h4-10,15,18H,11-14H2,1-3H3,(H,21,22)/t15-,18-/m0/s1. The lowest BCUT2D eigenvalue weighted by Gasteiger charge is -2.19. The van der Waals surface area contributed by atoms with E-state index in [2.05, 4.69) is 5.32 Å². The number of carbonyl (C=O) groups is 1. The monoisotopic (exact) mass is 345 g/mol. The van der Waals surface area contributed by atoms with Crippen LogP contribution in [0.15, 0.2) is 46.9 Å². The number of aryl methyl sites for hydroxylation is 1. The summed E-state index contributed by atoms with van der Waals surface area (Å²) >= 11 is 0. The molecule has 0 fully saturated rings. The lowest BCUT2D eigenvalue weighted by molar-refractivity contribution is -0.125. The third-order valence-electron chi connectivity index (χ3n) is 4.04. The van der Waals surface area contributed by atoms with Gasteiger partial charge >= 0.3 is 0 Å². The molecule has 0 spiro atoms. The molecule has 1 heterocycles. The molecule has 1 aromatic heterocycles. The van der Waals surface area contributed by atoms with Gasteiger partial charge in [-0.25, -0.2) is 0 Å². The summed E-state index contributed by atoms with van der Waals surface area (Å²) in [5.74, 6) is 2.25. The zero-order valence-corrected chi connectivity index (χ0v) is 15.2. The Morgan fingerprint density at radius 2 is 1.88 bits per heavy atom. The van der Waals surface area contributed by atoms with Gasteiger partial charge in [-0.15, -0.1) is 0 Å². The number of hydrogen-bond acceptors (Lipinski definition) is 4. The zero-order valence-electron chi connectivity index (χ0n) is 15.2. The molecule has 1 aromatic carbocycles. The number of nitrogens with one attached hydrogen (secondary N) is 1. The number of benzene rings is 1. The Balaban J connectivity index is 1.84. The van der Waals surface area contributed by atoms with E-state index in [9.17, 15) is 4.79 Å². The quantitative estimate of drug-likeness (QED) is 0.710. The first-order chi connectivity index (χ1) is 12.1. The van der Waals surface area contributed by atoms with E-state index in [-0.39, 0.29) is 17.9 Å². The van der Waals surface area contributed by atoms with Gasteiger partial charge in [0.15, 0.2) is 0 Å². The highest BCUT2D eigenvalue weighted by Crippen LogP contribution is 2.20. The van der Waals surface area contributed by atoms with Crippen molar-refractivity contribution in [3.63, 3.8) is 0 Å². The number of para-hydroxylation sites is 1. The summed E-state index contributed by atoms with van der Waals surface area (Å²) in [7, 11) is 1.65.